The highest BCUT2D eigenvalue weighted by Crippen LogP contribution is 1.86. The maximum Gasteiger partial charge on any atom is 0.302 e. The third kappa shape index (κ3) is 10.3. The summed E-state index contributed by atoms with van der Waals surface area (Å²) in [6.07, 6.45) is 0. The van der Waals surface area contributed by atoms with Crippen LogP contribution < -0.4 is 0 Å². The minimum Gasteiger partial charge on any atom is -0.287 e. The fourth-order valence-electron chi connectivity index (χ4n) is 0.152. The Kier molecular flexibility index (Phi) is 7.25. The molecule has 0 rings (SSSR count). The number of nitrogens with zero attached hydrogens (tertiary/aromatic N) is 8. The van der Waals surface area contributed by atoms with E-state index >= 15 is 0 Å². The molecule has 1 unspecified atom stereocenters. The minimum absolute atomic E-state index is 2.44. The van der Waals surface area contributed by atoms with Crippen molar-refractivity contribution in [2.24, 2.45) is 41.1 Å². The highest BCUT2D eigenvalue weighted by atomic mass is 32.2. The number of rotatable bonds is 5. The molecule has 0 aliphatic rings. The van der Waals surface area contributed by atoms with E-state index in [9.17, 15) is 4.21 Å². The van der Waals surface area contributed by atoms with E-state index in [0.717, 1.165) is 0 Å². The third-order valence-electron chi connectivity index (χ3n) is 0.379. The average molecular weight is 210 g/mol. The second kappa shape index (κ2) is 8.37. The van der Waals surface area contributed by atoms with Crippen LogP contribution in [0.5, 0.6) is 0 Å². The van der Waals surface area contributed by atoms with Crippen molar-refractivity contribution in [3.05, 3.63) is 0 Å². The van der Waals surface area contributed by atoms with Crippen LogP contribution in [0.1, 0.15) is 0 Å². The van der Waals surface area contributed by atoms with Crippen molar-refractivity contribution < 1.29 is 19.0 Å². The Balaban J connectivity index is 3.69. The quantitative estimate of drug-likeness (QED) is 0.300. The molecule has 13 heavy (non-hydrogen) atoms. The molecule has 0 bridgehead atoms. The van der Waals surface area contributed by atoms with Gasteiger partial charge in [0.05, 0.1) is 5.28 Å². The van der Waals surface area contributed by atoms with Gasteiger partial charge in [-0.1, -0.05) is 0 Å². The summed E-state index contributed by atoms with van der Waals surface area (Å²) in [5, 5.41) is 26.6. The number of hydrogen-bond acceptors (Lipinski definition) is 4. The summed E-state index contributed by atoms with van der Waals surface area (Å²) in [6.45, 7) is 0. The van der Waals surface area contributed by atoms with E-state index < -0.39 is 11.3 Å². The molecule has 0 saturated heterocycles. The molecule has 1 atom stereocenters. The first-order chi connectivity index (χ1) is 6.27. The zero-order chi connectivity index (χ0) is 9.94. The molecular formula is H2N8O4S. The highest BCUT2D eigenvalue weighted by molar-refractivity contribution is 7.77. The topological polar surface area (TPSA) is 166 Å². The van der Waals surface area contributed by atoms with Crippen molar-refractivity contribution in [2.45, 2.75) is 0 Å². The van der Waals surface area contributed by atoms with Crippen LogP contribution in [0.2, 0.25) is 0 Å². The van der Waals surface area contributed by atoms with Gasteiger partial charge in [0.1, 0.15) is 0 Å². The summed E-state index contributed by atoms with van der Waals surface area (Å²) in [7, 11) is 0. The monoisotopic (exact) mass is 210 g/mol. The summed E-state index contributed by atoms with van der Waals surface area (Å²) in [5.74, 6) is 0. The summed E-state index contributed by atoms with van der Waals surface area (Å²) >= 11 is -2.44. The van der Waals surface area contributed by atoms with Gasteiger partial charge in [-0.15, -0.1) is 0 Å². The molecule has 0 spiro atoms. The first-order valence-electron chi connectivity index (χ1n) is 2.30. The molecule has 0 aromatic carbocycles. The van der Waals surface area contributed by atoms with Gasteiger partial charge in [-0.05, 0) is 20.2 Å². The summed E-state index contributed by atoms with van der Waals surface area (Å²) in [4.78, 5) is 3.12. The Bertz CT molecular complexity index is 253. The predicted octanol–water partition coefficient (Wildman–Crippen LogP) is 1.08. The van der Waals surface area contributed by atoms with E-state index in [-0.39, 0.29) is 0 Å². The van der Waals surface area contributed by atoms with Crippen LogP contribution in [-0.4, -0.2) is 14.0 Å². The number of hydrogen-bond donors (Lipinski definition) is 2. The van der Waals surface area contributed by atoms with Crippen molar-refractivity contribution in [3.8, 4) is 0 Å². The van der Waals surface area contributed by atoms with Crippen LogP contribution in [0.4, 0.5) is 0 Å². The summed E-state index contributed by atoms with van der Waals surface area (Å²) in [6, 6.07) is 0. The van der Waals surface area contributed by atoms with Crippen LogP contribution in [0.25, 0.3) is 0 Å². The molecular weight excluding hydrogens is 208 g/mol. The van der Waals surface area contributed by atoms with Gasteiger partial charge >= 0.3 is 11.3 Å². The summed E-state index contributed by atoms with van der Waals surface area (Å²) < 4.78 is 20.4. The standard InChI is InChI=1S/H2N8O4S/c9-12-7-5-3-1-2-4-6-8-13(10)11/h9H,(H,10,11)/b3-1+,4-2+,7-5+,8-6+. The van der Waals surface area contributed by atoms with E-state index in [1.54, 1.807) is 0 Å². The van der Waals surface area contributed by atoms with Gasteiger partial charge in [0.15, 0.2) is 0 Å². The van der Waals surface area contributed by atoms with E-state index in [0.29, 0.717) is 0 Å². The van der Waals surface area contributed by atoms with Crippen molar-refractivity contribution in [2.75, 3.05) is 0 Å². The zero-order valence-corrected chi connectivity index (χ0v) is 6.51. The first-order valence-corrected chi connectivity index (χ1v) is 3.36. The van der Waals surface area contributed by atoms with Crippen molar-refractivity contribution in [1.29, 1.82) is 0 Å². The molecule has 12 nitrogen and oxygen atoms in total. The van der Waals surface area contributed by atoms with Gasteiger partial charge < -0.3 is 0 Å². The van der Waals surface area contributed by atoms with Crippen LogP contribution in [-0.2, 0) is 16.3 Å². The lowest BCUT2D eigenvalue weighted by atomic mass is 12.4. The zero-order valence-electron chi connectivity index (χ0n) is 5.70. The van der Waals surface area contributed by atoms with Crippen molar-refractivity contribution in [3.63, 3.8) is 0 Å². The van der Waals surface area contributed by atoms with Crippen molar-refractivity contribution in [1.82, 2.24) is 0 Å². The van der Waals surface area contributed by atoms with Crippen molar-refractivity contribution >= 4 is 11.3 Å². The molecule has 0 saturated carbocycles. The minimum atomic E-state index is -2.44. The Morgan fingerprint density at radius 1 is 1.00 bits per heavy atom. The van der Waals surface area contributed by atoms with E-state index in [1.807, 2.05) is 0 Å². The molecule has 0 heterocycles. The molecule has 13 heteroatoms. The Morgan fingerprint density at radius 3 is 2.08 bits per heavy atom. The Hall–Kier alpha value is -1.73. The lowest BCUT2D eigenvalue weighted by Gasteiger charge is -1.72. The third-order valence-corrected chi connectivity index (χ3v) is 0.592. The lowest BCUT2D eigenvalue weighted by molar-refractivity contribution is -0.251. The van der Waals surface area contributed by atoms with Crippen LogP contribution >= 0.6 is 0 Å². The van der Waals surface area contributed by atoms with Gasteiger partial charge in [-0.25, -0.2) is 9.20 Å². The molecule has 0 aliphatic carbocycles. The molecule has 2 N–H and O–H groups in total. The maximum atomic E-state index is 9.79. The van der Waals surface area contributed by atoms with E-state index in [2.05, 4.69) is 46.1 Å². The largest absolute Gasteiger partial charge is 0.302 e. The van der Waals surface area contributed by atoms with Gasteiger partial charge in [-0.2, -0.15) is 5.26 Å². The molecule has 0 amide bonds. The van der Waals surface area contributed by atoms with Gasteiger partial charge in [0, 0.05) is 15.7 Å². The van der Waals surface area contributed by atoms with Crippen LogP contribution in [0.15, 0.2) is 41.1 Å². The smallest absolute Gasteiger partial charge is 0.287 e. The molecule has 72 valence electrons. The second-order valence-electron chi connectivity index (χ2n) is 1.01. The summed E-state index contributed by atoms with van der Waals surface area (Å²) in [5.41, 5.74) is 0. The molecule has 0 fully saturated rings. The second-order valence-corrected chi connectivity index (χ2v) is 1.64. The molecule has 0 aromatic heterocycles. The van der Waals surface area contributed by atoms with Crippen LogP contribution in [0.3, 0.4) is 0 Å². The van der Waals surface area contributed by atoms with E-state index in [1.165, 1.54) is 0 Å². The Labute approximate surface area is 72.4 Å². The molecule has 0 radical (unpaired) electrons. The molecule has 0 aromatic rings. The fourth-order valence-corrected chi connectivity index (χ4v) is 0.247. The first kappa shape index (κ1) is 11.3. The predicted molar refractivity (Wildman–Crippen MR) is 33.9 cm³/mol. The SMILES string of the molecule is O=S(O)/N=N/N=N/N=N/N=N/OO. The maximum absolute atomic E-state index is 9.79. The highest BCUT2D eigenvalue weighted by Gasteiger charge is 1.79. The lowest BCUT2D eigenvalue weighted by Crippen LogP contribution is -1.72. The molecule has 0 aliphatic heterocycles. The van der Waals surface area contributed by atoms with Gasteiger partial charge in [0.2, 0.25) is 0 Å². The normalized spacial score (nSPS) is 15.2. The van der Waals surface area contributed by atoms with Crippen LogP contribution in [0, 0.1) is 0 Å². The van der Waals surface area contributed by atoms with Gasteiger partial charge in [-0.3, -0.25) is 4.55 Å². The van der Waals surface area contributed by atoms with Gasteiger partial charge in [0.25, 0.3) is 0 Å². The Morgan fingerprint density at radius 2 is 1.54 bits per heavy atom. The van der Waals surface area contributed by atoms with E-state index in [4.69, 9.17) is 9.81 Å². The fraction of sp³-hybridized carbons (Fsp3) is 0. The average Bonchev–Trinajstić information content (AvgIpc) is 2.09.